The van der Waals surface area contributed by atoms with Gasteiger partial charge in [0.15, 0.2) is 6.54 Å². The van der Waals surface area contributed by atoms with Crippen LogP contribution in [0.1, 0.15) is 16.7 Å². The Hall–Kier alpha value is -1.92. The first-order valence-electron chi connectivity index (χ1n) is 9.50. The van der Waals surface area contributed by atoms with Crippen molar-refractivity contribution in [1.29, 1.82) is 0 Å². The molecule has 2 aromatic rings. The van der Waals surface area contributed by atoms with Gasteiger partial charge in [0.25, 0.3) is 5.91 Å². The first-order chi connectivity index (χ1) is 13.5. The molecule has 0 radical (unpaired) electrons. The van der Waals surface area contributed by atoms with Crippen LogP contribution in [0.5, 0.6) is 0 Å². The summed E-state index contributed by atoms with van der Waals surface area (Å²) < 4.78 is 0. The minimum atomic E-state index is -0.0913. The number of nitrogens with one attached hydrogen (secondary N) is 3. The number of benzene rings is 2. The molecule has 0 aromatic heterocycles. The molecular weight excluding hydrogens is 395 g/mol. The van der Waals surface area contributed by atoms with Crippen molar-refractivity contribution in [2.24, 2.45) is 5.10 Å². The van der Waals surface area contributed by atoms with Crippen molar-refractivity contribution in [3.8, 4) is 0 Å². The number of aryl methyl sites for hydroxylation is 1. The van der Waals surface area contributed by atoms with E-state index in [1.165, 1.54) is 22.2 Å². The predicted molar refractivity (Wildman–Crippen MR) is 113 cm³/mol. The third kappa shape index (κ3) is 6.04. The van der Waals surface area contributed by atoms with Gasteiger partial charge in [-0.3, -0.25) is 4.79 Å². The van der Waals surface area contributed by atoms with Gasteiger partial charge in [-0.05, 0) is 13.0 Å². The number of halogens is 2. The van der Waals surface area contributed by atoms with E-state index in [1.807, 2.05) is 0 Å². The van der Waals surface area contributed by atoms with Gasteiger partial charge in [-0.1, -0.05) is 65.2 Å². The van der Waals surface area contributed by atoms with E-state index >= 15 is 0 Å². The van der Waals surface area contributed by atoms with Gasteiger partial charge in [0.1, 0.15) is 32.7 Å². The van der Waals surface area contributed by atoms with Crippen LogP contribution in [-0.4, -0.2) is 44.8 Å². The van der Waals surface area contributed by atoms with Crippen molar-refractivity contribution in [2.45, 2.75) is 13.5 Å². The summed E-state index contributed by atoms with van der Waals surface area (Å²) in [6, 6.07) is 14.0. The van der Waals surface area contributed by atoms with Crippen LogP contribution in [0.15, 0.2) is 47.6 Å². The zero-order valence-electron chi connectivity index (χ0n) is 16.0. The molecule has 3 N–H and O–H groups in total. The third-order valence-corrected chi connectivity index (χ3v) is 5.86. The predicted octanol–water partition coefficient (Wildman–Crippen LogP) is 0.736. The monoisotopic (exact) mass is 420 g/mol. The molecule has 1 aliphatic heterocycles. The number of amides is 1. The van der Waals surface area contributed by atoms with Crippen LogP contribution in [0.2, 0.25) is 10.0 Å². The highest BCUT2D eigenvalue weighted by Gasteiger charge is 2.24. The van der Waals surface area contributed by atoms with Crippen molar-refractivity contribution in [3.63, 3.8) is 0 Å². The smallest absolute Gasteiger partial charge is 0.295 e. The molecule has 1 saturated heterocycles. The van der Waals surface area contributed by atoms with Crippen molar-refractivity contribution >= 4 is 35.3 Å². The average Bonchev–Trinajstić information content (AvgIpc) is 2.68. The molecule has 148 valence electrons. The number of rotatable bonds is 6. The Morgan fingerprint density at radius 1 is 1.07 bits per heavy atom. The summed E-state index contributed by atoms with van der Waals surface area (Å²) in [5.41, 5.74) is 5.92. The number of hydrogen-bond donors (Lipinski definition) is 3. The highest BCUT2D eigenvalue weighted by Crippen LogP contribution is 2.23. The summed E-state index contributed by atoms with van der Waals surface area (Å²) in [5.74, 6) is -0.0913. The molecule has 3 rings (SSSR count). The van der Waals surface area contributed by atoms with Crippen LogP contribution in [0.4, 0.5) is 0 Å². The molecule has 2 aromatic carbocycles. The van der Waals surface area contributed by atoms with Gasteiger partial charge in [0.2, 0.25) is 0 Å². The molecule has 0 spiro atoms. The van der Waals surface area contributed by atoms with Gasteiger partial charge >= 0.3 is 0 Å². The lowest BCUT2D eigenvalue weighted by Crippen LogP contribution is -3.28. The molecule has 5 nitrogen and oxygen atoms in total. The van der Waals surface area contributed by atoms with Crippen LogP contribution < -0.4 is 15.2 Å². The number of nitrogens with zero attached hydrogens (tertiary/aromatic N) is 1. The van der Waals surface area contributed by atoms with Crippen LogP contribution in [0.25, 0.3) is 0 Å². The van der Waals surface area contributed by atoms with Crippen LogP contribution in [-0.2, 0) is 11.3 Å². The van der Waals surface area contributed by atoms with Gasteiger partial charge in [-0.15, -0.1) is 0 Å². The first kappa shape index (κ1) is 20.8. The summed E-state index contributed by atoms with van der Waals surface area (Å²) in [5, 5.41) is 4.90. The fourth-order valence-corrected chi connectivity index (χ4v) is 3.72. The number of carbonyl (C=O) groups is 1. The molecule has 0 unspecified atom stereocenters. The second kappa shape index (κ2) is 10.0. The van der Waals surface area contributed by atoms with E-state index in [0.717, 1.165) is 32.7 Å². The lowest BCUT2D eigenvalue weighted by Gasteiger charge is -2.29. The van der Waals surface area contributed by atoms with Gasteiger partial charge < -0.3 is 9.80 Å². The van der Waals surface area contributed by atoms with E-state index in [4.69, 9.17) is 23.2 Å². The van der Waals surface area contributed by atoms with Crippen molar-refractivity contribution < 1.29 is 14.6 Å². The van der Waals surface area contributed by atoms with E-state index in [9.17, 15) is 4.79 Å². The Balaban J connectivity index is 1.40. The quantitative estimate of drug-likeness (QED) is 0.468. The maximum absolute atomic E-state index is 12.1. The Morgan fingerprint density at radius 2 is 1.75 bits per heavy atom. The number of carbonyl (C=O) groups excluding carboxylic acids is 1. The van der Waals surface area contributed by atoms with Crippen LogP contribution in [0, 0.1) is 6.92 Å². The van der Waals surface area contributed by atoms with E-state index in [0.29, 0.717) is 22.2 Å². The Morgan fingerprint density at radius 3 is 2.46 bits per heavy atom. The van der Waals surface area contributed by atoms with Crippen molar-refractivity contribution in [3.05, 3.63) is 69.2 Å². The van der Waals surface area contributed by atoms with E-state index in [2.05, 4.69) is 41.7 Å². The molecule has 1 aliphatic rings. The summed E-state index contributed by atoms with van der Waals surface area (Å²) in [7, 11) is 0. The minimum absolute atomic E-state index is 0.0913. The average molecular weight is 421 g/mol. The fraction of sp³-hybridized carbons (Fsp3) is 0.333. The maximum atomic E-state index is 12.1. The summed E-state index contributed by atoms with van der Waals surface area (Å²) in [6.07, 6.45) is 1.52. The van der Waals surface area contributed by atoms with Gasteiger partial charge in [-0.2, -0.15) is 5.10 Å². The largest absolute Gasteiger partial charge is 0.322 e. The van der Waals surface area contributed by atoms with E-state index < -0.39 is 0 Å². The van der Waals surface area contributed by atoms with E-state index in [1.54, 1.807) is 23.1 Å². The van der Waals surface area contributed by atoms with Gasteiger partial charge in [-0.25, -0.2) is 5.43 Å². The molecule has 28 heavy (non-hydrogen) atoms. The van der Waals surface area contributed by atoms with Gasteiger partial charge in [0.05, 0.1) is 16.3 Å². The van der Waals surface area contributed by atoms with Crippen LogP contribution in [0.3, 0.4) is 0 Å². The topological polar surface area (TPSA) is 50.3 Å². The zero-order valence-corrected chi connectivity index (χ0v) is 17.5. The normalized spacial score (nSPS) is 19.7. The third-order valence-electron chi connectivity index (χ3n) is 5.02. The Labute approximate surface area is 175 Å². The lowest BCUT2D eigenvalue weighted by atomic mass is 10.1. The summed E-state index contributed by atoms with van der Waals surface area (Å²) in [6.45, 7) is 7.69. The lowest BCUT2D eigenvalue weighted by molar-refractivity contribution is -1.02. The first-order valence-corrected chi connectivity index (χ1v) is 10.3. The molecule has 0 aliphatic carbocycles. The van der Waals surface area contributed by atoms with Crippen molar-refractivity contribution in [2.75, 3.05) is 32.7 Å². The molecule has 0 atom stereocenters. The van der Waals surface area contributed by atoms with E-state index in [-0.39, 0.29) is 5.91 Å². The molecule has 1 heterocycles. The molecule has 7 heteroatoms. The van der Waals surface area contributed by atoms with Gasteiger partial charge in [0, 0.05) is 11.1 Å². The molecule has 1 amide bonds. The highest BCUT2D eigenvalue weighted by atomic mass is 35.5. The highest BCUT2D eigenvalue weighted by molar-refractivity contribution is 6.43. The Kier molecular flexibility index (Phi) is 7.45. The number of hydrogen-bond acceptors (Lipinski definition) is 2. The molecular formula is C21H26Cl2N4O+2. The second-order valence-electron chi connectivity index (χ2n) is 7.28. The molecule has 0 saturated carbocycles. The zero-order chi connectivity index (χ0) is 19.9. The van der Waals surface area contributed by atoms with Crippen LogP contribution >= 0.6 is 23.2 Å². The molecule has 0 bridgehead atoms. The number of quaternary nitrogens is 2. The second-order valence-corrected chi connectivity index (χ2v) is 8.06. The summed E-state index contributed by atoms with van der Waals surface area (Å²) in [4.78, 5) is 15.0. The summed E-state index contributed by atoms with van der Waals surface area (Å²) >= 11 is 12.1. The maximum Gasteiger partial charge on any atom is 0.295 e. The minimum Gasteiger partial charge on any atom is -0.322 e. The molecule has 1 fully saturated rings. The standard InChI is InChI=1S/C21H24Cl2N4O/c1-16-5-7-17(8-6-16)14-26-9-11-27(12-10-26)15-20(28)25-24-13-18-3-2-4-19(22)21(18)23/h2-8,13H,9-12,14-15H2,1H3,(H,25,28)/p+2/b24-13+. The Bertz CT molecular complexity index is 831. The SMILES string of the molecule is Cc1ccc(C[NH+]2CC[NH+](CC(=O)N/N=C/c3cccc(Cl)c3Cl)CC2)cc1. The van der Waals surface area contributed by atoms with Crippen molar-refractivity contribution in [1.82, 2.24) is 5.43 Å². The number of hydrazone groups is 1. The fourth-order valence-electron chi connectivity index (χ4n) is 3.37. The number of piperazine rings is 1.